The average Bonchev–Trinajstić information content (AvgIpc) is 3.24. The number of rotatable bonds is 4. The van der Waals surface area contributed by atoms with E-state index >= 15 is 0 Å². The summed E-state index contributed by atoms with van der Waals surface area (Å²) < 4.78 is 0. The van der Waals surface area contributed by atoms with Crippen LogP contribution in [0.15, 0.2) is 0 Å². The predicted molar refractivity (Wildman–Crippen MR) is 73.7 cm³/mol. The van der Waals surface area contributed by atoms with E-state index in [9.17, 15) is 14.4 Å². The normalized spacial score (nSPS) is 25.3. The number of carbonyl (C=O) groups excluding carboxylic acids is 3. The van der Waals surface area contributed by atoms with Crippen molar-refractivity contribution >= 4 is 17.7 Å². The van der Waals surface area contributed by atoms with Crippen LogP contribution in [0.1, 0.15) is 26.7 Å². The quantitative estimate of drug-likeness (QED) is 0.778. The zero-order valence-corrected chi connectivity index (χ0v) is 12.2. The van der Waals surface area contributed by atoms with E-state index in [0.29, 0.717) is 39.1 Å². The largest absolute Gasteiger partial charge is 0.356 e. The molecule has 2 rings (SSSR count). The van der Waals surface area contributed by atoms with Gasteiger partial charge >= 0.3 is 0 Å². The zero-order valence-electron chi connectivity index (χ0n) is 12.2. The van der Waals surface area contributed by atoms with Crippen molar-refractivity contribution in [2.45, 2.75) is 26.7 Å². The van der Waals surface area contributed by atoms with Gasteiger partial charge < -0.3 is 15.1 Å². The van der Waals surface area contributed by atoms with Crippen LogP contribution in [0.3, 0.4) is 0 Å². The Morgan fingerprint density at radius 3 is 2.20 bits per heavy atom. The minimum Gasteiger partial charge on any atom is -0.356 e. The van der Waals surface area contributed by atoms with E-state index in [-0.39, 0.29) is 29.6 Å². The monoisotopic (exact) mass is 281 g/mol. The molecule has 0 aromatic rings. The van der Waals surface area contributed by atoms with Gasteiger partial charge in [-0.2, -0.15) is 0 Å². The molecule has 1 heterocycles. The Morgan fingerprint density at radius 1 is 1.05 bits per heavy atom. The highest BCUT2D eigenvalue weighted by Gasteiger charge is 2.49. The lowest BCUT2D eigenvalue weighted by Gasteiger charge is -2.34. The number of hydrogen-bond acceptors (Lipinski definition) is 3. The molecule has 1 saturated heterocycles. The lowest BCUT2D eigenvalue weighted by molar-refractivity contribution is -0.140. The summed E-state index contributed by atoms with van der Waals surface area (Å²) >= 11 is 0. The standard InChI is InChI=1S/C14H23N3O3/c1-3-4-15-13(19)11-9-12(11)14(20)17-7-5-16(6-8-17)10(2)18/h11-12H,3-9H2,1-2H3,(H,15,19). The molecule has 3 amide bonds. The zero-order chi connectivity index (χ0) is 14.7. The Morgan fingerprint density at radius 2 is 1.65 bits per heavy atom. The highest BCUT2D eigenvalue weighted by atomic mass is 16.2. The summed E-state index contributed by atoms with van der Waals surface area (Å²) in [7, 11) is 0. The van der Waals surface area contributed by atoms with E-state index in [1.54, 1.807) is 16.7 Å². The van der Waals surface area contributed by atoms with Gasteiger partial charge in [-0.3, -0.25) is 14.4 Å². The minimum atomic E-state index is -0.143. The second kappa shape index (κ2) is 6.24. The van der Waals surface area contributed by atoms with Gasteiger partial charge in [0, 0.05) is 39.6 Å². The lowest BCUT2D eigenvalue weighted by Crippen LogP contribution is -2.50. The highest BCUT2D eigenvalue weighted by Crippen LogP contribution is 2.40. The summed E-state index contributed by atoms with van der Waals surface area (Å²) in [5, 5.41) is 2.84. The first-order valence-electron chi connectivity index (χ1n) is 7.36. The van der Waals surface area contributed by atoms with Gasteiger partial charge in [0.25, 0.3) is 0 Å². The maximum atomic E-state index is 12.3. The molecular weight excluding hydrogens is 258 g/mol. The molecule has 2 unspecified atom stereocenters. The Kier molecular flexibility index (Phi) is 4.62. The molecule has 0 bridgehead atoms. The van der Waals surface area contributed by atoms with E-state index in [1.807, 2.05) is 6.92 Å². The van der Waals surface area contributed by atoms with Crippen molar-refractivity contribution in [3.8, 4) is 0 Å². The van der Waals surface area contributed by atoms with Crippen LogP contribution in [0.4, 0.5) is 0 Å². The van der Waals surface area contributed by atoms with Crippen molar-refractivity contribution in [3.05, 3.63) is 0 Å². The topological polar surface area (TPSA) is 69.7 Å². The van der Waals surface area contributed by atoms with E-state index in [4.69, 9.17) is 0 Å². The molecule has 0 spiro atoms. The van der Waals surface area contributed by atoms with Gasteiger partial charge in [0.1, 0.15) is 0 Å². The van der Waals surface area contributed by atoms with Crippen molar-refractivity contribution in [3.63, 3.8) is 0 Å². The van der Waals surface area contributed by atoms with Crippen molar-refractivity contribution in [2.75, 3.05) is 32.7 Å². The third kappa shape index (κ3) is 3.29. The SMILES string of the molecule is CCCNC(=O)C1CC1C(=O)N1CCN(C(C)=O)CC1. The molecule has 1 aliphatic heterocycles. The summed E-state index contributed by atoms with van der Waals surface area (Å²) in [6.07, 6.45) is 1.57. The van der Waals surface area contributed by atoms with Crippen molar-refractivity contribution in [1.29, 1.82) is 0 Å². The third-order valence-corrected chi connectivity index (χ3v) is 4.03. The summed E-state index contributed by atoms with van der Waals surface area (Å²) in [5.74, 6) is -0.145. The number of nitrogens with one attached hydrogen (secondary N) is 1. The average molecular weight is 281 g/mol. The predicted octanol–water partition coefficient (Wildman–Crippen LogP) is -0.161. The summed E-state index contributed by atoms with van der Waals surface area (Å²) in [6.45, 7) is 6.59. The van der Waals surface area contributed by atoms with E-state index in [2.05, 4.69) is 5.32 Å². The Hall–Kier alpha value is -1.59. The summed E-state index contributed by atoms with van der Waals surface area (Å²) in [4.78, 5) is 38.8. The lowest BCUT2D eigenvalue weighted by atomic mass is 10.2. The second-order valence-corrected chi connectivity index (χ2v) is 5.57. The molecule has 1 N–H and O–H groups in total. The van der Waals surface area contributed by atoms with E-state index in [1.165, 1.54) is 0 Å². The highest BCUT2D eigenvalue weighted by molar-refractivity contribution is 5.92. The molecule has 1 saturated carbocycles. The summed E-state index contributed by atoms with van der Waals surface area (Å²) in [6, 6.07) is 0. The molecule has 6 nitrogen and oxygen atoms in total. The number of amides is 3. The molecule has 20 heavy (non-hydrogen) atoms. The molecule has 2 atom stereocenters. The Bertz CT molecular complexity index is 402. The van der Waals surface area contributed by atoms with Crippen molar-refractivity contribution in [1.82, 2.24) is 15.1 Å². The van der Waals surface area contributed by atoms with Crippen LogP contribution in [0.2, 0.25) is 0 Å². The molecule has 112 valence electrons. The van der Waals surface area contributed by atoms with E-state index < -0.39 is 0 Å². The molecule has 0 radical (unpaired) electrons. The molecule has 1 aliphatic carbocycles. The van der Waals surface area contributed by atoms with Crippen LogP contribution in [0.5, 0.6) is 0 Å². The molecule has 6 heteroatoms. The maximum Gasteiger partial charge on any atom is 0.226 e. The van der Waals surface area contributed by atoms with Crippen molar-refractivity contribution < 1.29 is 14.4 Å². The van der Waals surface area contributed by atoms with Crippen LogP contribution in [0.25, 0.3) is 0 Å². The van der Waals surface area contributed by atoms with Gasteiger partial charge in [0.2, 0.25) is 17.7 Å². The fraction of sp³-hybridized carbons (Fsp3) is 0.786. The molecule has 0 aromatic heterocycles. The van der Waals surface area contributed by atoms with Crippen LogP contribution in [-0.4, -0.2) is 60.2 Å². The number of piperazine rings is 1. The molecule has 2 aliphatic rings. The van der Waals surface area contributed by atoms with Crippen LogP contribution < -0.4 is 5.32 Å². The Balaban J connectivity index is 1.77. The first-order chi connectivity index (χ1) is 9.54. The number of carbonyl (C=O) groups is 3. The van der Waals surface area contributed by atoms with Crippen molar-refractivity contribution in [2.24, 2.45) is 11.8 Å². The fourth-order valence-electron chi connectivity index (χ4n) is 2.61. The van der Waals surface area contributed by atoms with Gasteiger partial charge in [-0.15, -0.1) is 0 Å². The van der Waals surface area contributed by atoms with Gasteiger partial charge in [0.15, 0.2) is 0 Å². The maximum absolute atomic E-state index is 12.3. The first kappa shape index (κ1) is 14.8. The first-order valence-corrected chi connectivity index (χ1v) is 7.36. The Labute approximate surface area is 119 Å². The van der Waals surface area contributed by atoms with Crippen LogP contribution in [0, 0.1) is 11.8 Å². The van der Waals surface area contributed by atoms with Gasteiger partial charge in [0.05, 0.1) is 11.8 Å². The van der Waals surface area contributed by atoms with Crippen LogP contribution in [-0.2, 0) is 14.4 Å². The van der Waals surface area contributed by atoms with Gasteiger partial charge in [-0.05, 0) is 12.8 Å². The fourth-order valence-corrected chi connectivity index (χ4v) is 2.61. The molecule has 0 aromatic carbocycles. The molecule has 2 fully saturated rings. The minimum absolute atomic E-state index is 0.00701. The smallest absolute Gasteiger partial charge is 0.226 e. The molecular formula is C14H23N3O3. The van der Waals surface area contributed by atoms with Gasteiger partial charge in [-0.1, -0.05) is 6.92 Å². The van der Waals surface area contributed by atoms with Gasteiger partial charge in [-0.25, -0.2) is 0 Å². The van der Waals surface area contributed by atoms with E-state index in [0.717, 1.165) is 6.42 Å². The van der Waals surface area contributed by atoms with Crippen LogP contribution >= 0.6 is 0 Å². The number of hydrogen-bond donors (Lipinski definition) is 1. The summed E-state index contributed by atoms with van der Waals surface area (Å²) in [5.41, 5.74) is 0. The second-order valence-electron chi connectivity index (χ2n) is 5.57. The number of nitrogens with zero attached hydrogens (tertiary/aromatic N) is 2. The third-order valence-electron chi connectivity index (χ3n) is 4.03.